The number of nitrogens with zero attached hydrogens (tertiary/aromatic N) is 2. The van der Waals surface area contributed by atoms with Gasteiger partial charge in [-0.25, -0.2) is 4.79 Å². The number of rotatable bonds is 5. The molecule has 1 N–H and O–H groups in total. The zero-order valence-corrected chi connectivity index (χ0v) is 14.7. The largest absolute Gasteiger partial charge is 0.336 e. The molecule has 1 heterocycles. The van der Waals surface area contributed by atoms with Crippen molar-refractivity contribution in [2.45, 2.75) is 77.9 Å². The second-order valence-corrected chi connectivity index (χ2v) is 7.28. The van der Waals surface area contributed by atoms with E-state index in [1.165, 1.54) is 6.42 Å². The first kappa shape index (κ1) is 17.8. The molecule has 0 spiro atoms. The van der Waals surface area contributed by atoms with E-state index in [1.807, 2.05) is 32.6 Å². The summed E-state index contributed by atoms with van der Waals surface area (Å²) in [5.41, 5.74) is 0. The average molecular weight is 323 g/mol. The predicted octanol–water partition coefficient (Wildman–Crippen LogP) is 2.13. The lowest BCUT2D eigenvalue weighted by atomic mass is 9.93. The molecule has 6 nitrogen and oxygen atoms in total. The van der Waals surface area contributed by atoms with E-state index in [-0.39, 0.29) is 36.4 Å². The van der Waals surface area contributed by atoms with Crippen molar-refractivity contribution >= 4 is 17.8 Å². The van der Waals surface area contributed by atoms with Crippen LogP contribution >= 0.6 is 0 Å². The molecule has 0 radical (unpaired) electrons. The number of amides is 4. The van der Waals surface area contributed by atoms with Gasteiger partial charge >= 0.3 is 6.03 Å². The lowest BCUT2D eigenvalue weighted by molar-refractivity contribution is -0.141. The fourth-order valence-electron chi connectivity index (χ4n) is 3.63. The number of hydrogen-bond acceptors (Lipinski definition) is 3. The van der Waals surface area contributed by atoms with Gasteiger partial charge in [0.15, 0.2) is 0 Å². The second-order valence-electron chi connectivity index (χ2n) is 7.28. The monoisotopic (exact) mass is 323 g/mol. The van der Waals surface area contributed by atoms with Crippen molar-refractivity contribution in [3.8, 4) is 0 Å². The molecular weight excluding hydrogens is 294 g/mol. The minimum Gasteiger partial charge on any atom is -0.336 e. The van der Waals surface area contributed by atoms with Gasteiger partial charge in [-0.3, -0.25) is 14.5 Å². The van der Waals surface area contributed by atoms with Crippen LogP contribution in [0, 0.1) is 5.92 Å². The summed E-state index contributed by atoms with van der Waals surface area (Å²) in [7, 11) is 0. The first-order valence-corrected chi connectivity index (χ1v) is 8.76. The van der Waals surface area contributed by atoms with Gasteiger partial charge in [0.1, 0.15) is 12.6 Å². The first-order valence-electron chi connectivity index (χ1n) is 8.76. The van der Waals surface area contributed by atoms with Crippen LogP contribution in [0.5, 0.6) is 0 Å². The van der Waals surface area contributed by atoms with Crippen LogP contribution in [0.4, 0.5) is 4.79 Å². The van der Waals surface area contributed by atoms with Gasteiger partial charge in [-0.15, -0.1) is 0 Å². The Labute approximate surface area is 138 Å². The highest BCUT2D eigenvalue weighted by molar-refractivity contribution is 6.06. The Morgan fingerprint density at radius 2 is 1.78 bits per heavy atom. The van der Waals surface area contributed by atoms with Crippen LogP contribution in [-0.2, 0) is 9.59 Å². The Hall–Kier alpha value is -1.59. The summed E-state index contributed by atoms with van der Waals surface area (Å²) in [6.45, 7) is 7.61. The Morgan fingerprint density at radius 3 is 2.26 bits per heavy atom. The Balaban J connectivity index is 2.06. The van der Waals surface area contributed by atoms with Crippen molar-refractivity contribution in [3.05, 3.63) is 0 Å². The molecule has 1 saturated heterocycles. The van der Waals surface area contributed by atoms with E-state index in [0.717, 1.165) is 30.6 Å². The fourth-order valence-corrected chi connectivity index (χ4v) is 3.63. The summed E-state index contributed by atoms with van der Waals surface area (Å²) in [6, 6.07) is -0.656. The van der Waals surface area contributed by atoms with Crippen molar-refractivity contribution in [3.63, 3.8) is 0 Å². The van der Waals surface area contributed by atoms with Crippen LogP contribution in [0.25, 0.3) is 0 Å². The molecule has 1 atom stereocenters. The summed E-state index contributed by atoms with van der Waals surface area (Å²) in [5, 5.41) is 2.67. The highest BCUT2D eigenvalue weighted by Gasteiger charge is 2.41. The van der Waals surface area contributed by atoms with Crippen LogP contribution < -0.4 is 5.32 Å². The Morgan fingerprint density at radius 1 is 1.17 bits per heavy atom. The van der Waals surface area contributed by atoms with E-state index in [9.17, 15) is 14.4 Å². The van der Waals surface area contributed by atoms with E-state index in [2.05, 4.69) is 5.32 Å². The van der Waals surface area contributed by atoms with E-state index < -0.39 is 12.1 Å². The minimum atomic E-state index is -0.516. The molecule has 0 aromatic rings. The standard InChI is InChI=1S/C17H29N3O3/c1-11(2)15-16(22)19(17(23)18-15)10-14(21)20(12(3)4)13-8-6-5-7-9-13/h11-13,15H,5-10H2,1-4H3,(H,18,23)/t15-/m1/s1. The molecule has 4 amide bonds. The number of carbonyl (C=O) groups excluding carboxylic acids is 3. The van der Waals surface area contributed by atoms with E-state index in [0.29, 0.717) is 0 Å². The molecule has 0 aromatic heterocycles. The number of nitrogens with one attached hydrogen (secondary N) is 1. The highest BCUT2D eigenvalue weighted by atomic mass is 16.2. The van der Waals surface area contributed by atoms with Gasteiger partial charge in [0, 0.05) is 12.1 Å². The van der Waals surface area contributed by atoms with Gasteiger partial charge in [0.25, 0.3) is 5.91 Å². The minimum absolute atomic E-state index is 0.0195. The molecule has 0 bridgehead atoms. The van der Waals surface area contributed by atoms with Gasteiger partial charge in [-0.1, -0.05) is 33.1 Å². The van der Waals surface area contributed by atoms with Crippen LogP contribution in [0.1, 0.15) is 59.8 Å². The zero-order valence-electron chi connectivity index (χ0n) is 14.7. The van der Waals surface area contributed by atoms with Crippen LogP contribution in [0.15, 0.2) is 0 Å². The van der Waals surface area contributed by atoms with Crippen molar-refractivity contribution in [1.82, 2.24) is 15.1 Å². The van der Waals surface area contributed by atoms with Gasteiger partial charge in [0.05, 0.1) is 0 Å². The average Bonchev–Trinajstić information content (AvgIpc) is 2.76. The summed E-state index contributed by atoms with van der Waals surface area (Å²) >= 11 is 0. The molecular formula is C17H29N3O3. The highest BCUT2D eigenvalue weighted by Crippen LogP contribution is 2.25. The lowest BCUT2D eigenvalue weighted by Gasteiger charge is -2.38. The molecule has 6 heteroatoms. The van der Waals surface area contributed by atoms with Gasteiger partial charge < -0.3 is 10.2 Å². The molecule has 2 fully saturated rings. The maximum atomic E-state index is 12.8. The molecule has 1 saturated carbocycles. The van der Waals surface area contributed by atoms with E-state index in [4.69, 9.17) is 0 Å². The van der Waals surface area contributed by atoms with E-state index >= 15 is 0 Å². The van der Waals surface area contributed by atoms with Gasteiger partial charge in [-0.05, 0) is 32.6 Å². The molecule has 130 valence electrons. The molecule has 0 unspecified atom stereocenters. The third kappa shape index (κ3) is 3.85. The van der Waals surface area contributed by atoms with E-state index in [1.54, 1.807) is 0 Å². The summed E-state index contributed by atoms with van der Waals surface area (Å²) < 4.78 is 0. The molecule has 1 aliphatic carbocycles. The number of imide groups is 1. The predicted molar refractivity (Wildman–Crippen MR) is 87.7 cm³/mol. The lowest BCUT2D eigenvalue weighted by Crippen LogP contribution is -2.50. The van der Waals surface area contributed by atoms with Crippen molar-refractivity contribution in [1.29, 1.82) is 0 Å². The first-order chi connectivity index (χ1) is 10.8. The maximum absolute atomic E-state index is 12.8. The SMILES string of the molecule is CC(C)[C@H]1NC(=O)N(CC(=O)N(C(C)C)C2CCCCC2)C1=O. The third-order valence-electron chi connectivity index (χ3n) is 4.83. The normalized spacial score (nSPS) is 22.9. The smallest absolute Gasteiger partial charge is 0.325 e. The van der Waals surface area contributed by atoms with Crippen molar-refractivity contribution in [2.24, 2.45) is 5.92 Å². The third-order valence-corrected chi connectivity index (χ3v) is 4.83. The summed E-state index contributed by atoms with van der Waals surface area (Å²) in [4.78, 5) is 40.1. The molecule has 1 aliphatic heterocycles. The van der Waals surface area contributed by atoms with Gasteiger partial charge in [-0.2, -0.15) is 0 Å². The number of hydrogen-bond donors (Lipinski definition) is 1. The molecule has 2 aliphatic rings. The summed E-state index contributed by atoms with van der Waals surface area (Å²) in [6.07, 6.45) is 5.52. The quantitative estimate of drug-likeness (QED) is 0.788. The maximum Gasteiger partial charge on any atom is 0.325 e. The Kier molecular flexibility index (Phi) is 5.65. The number of carbonyl (C=O) groups is 3. The topological polar surface area (TPSA) is 69.7 Å². The van der Waals surface area contributed by atoms with Gasteiger partial charge in [0.2, 0.25) is 5.91 Å². The Bertz CT molecular complexity index is 470. The van der Waals surface area contributed by atoms with Crippen molar-refractivity contribution < 1.29 is 14.4 Å². The van der Waals surface area contributed by atoms with Crippen LogP contribution in [0.2, 0.25) is 0 Å². The molecule has 0 aromatic carbocycles. The van der Waals surface area contributed by atoms with Crippen molar-refractivity contribution in [2.75, 3.05) is 6.54 Å². The molecule has 23 heavy (non-hydrogen) atoms. The second kappa shape index (κ2) is 7.32. The fraction of sp³-hybridized carbons (Fsp3) is 0.824. The molecule has 2 rings (SSSR count). The van der Waals surface area contributed by atoms with Crippen LogP contribution in [0.3, 0.4) is 0 Å². The summed E-state index contributed by atoms with van der Waals surface area (Å²) in [5.74, 6) is -0.392. The number of urea groups is 1. The zero-order chi connectivity index (χ0) is 17.1. The van der Waals surface area contributed by atoms with Crippen LogP contribution in [-0.4, -0.2) is 52.3 Å².